The SMILES string of the molecule is NC(N)=NCCC[C@H](CC(=O)[C@H](CCCN=C(N)N)NC(=O)[C@H](CCCN=C(N)N)NC(=O)[C@H](CCCN=C(N)N)NC(=O)[C@@H](N)CCCN=C(N)N)C(=O)N[C@@H](CCCN=C(N)N)C(=O)N[C@@H](CCCN=C(N)N)C(=O)N[C@@H](CCCN=C(N)N)C(=O)N[C@@H](CCCN=C(N)N)C(=O)O. The number of aliphatic imine (C=N–C) groups is 9. The van der Waals surface area contributed by atoms with E-state index < -0.39 is 114 Å². The lowest BCUT2D eigenvalue weighted by atomic mass is 9.91. The van der Waals surface area contributed by atoms with Crippen molar-refractivity contribution in [2.75, 3.05) is 58.9 Å². The summed E-state index contributed by atoms with van der Waals surface area (Å²) in [5.74, 6) is -11.9. The first kappa shape index (κ1) is 88.8. The number of hydrogen-bond donors (Lipinski definition) is 27. The van der Waals surface area contributed by atoms with E-state index in [4.69, 9.17) is 109 Å². The van der Waals surface area contributed by atoms with Crippen LogP contribution in [0.15, 0.2) is 44.9 Å². The molecule has 0 aliphatic carbocycles. The van der Waals surface area contributed by atoms with Gasteiger partial charge in [-0.1, -0.05) is 0 Å². The number of hydrogen-bond acceptors (Lipinski definition) is 19. The van der Waals surface area contributed by atoms with E-state index in [0.29, 0.717) is 6.42 Å². The van der Waals surface area contributed by atoms with Gasteiger partial charge in [0.15, 0.2) is 59.4 Å². The molecule has 0 heterocycles. The molecule has 0 aromatic rings. The van der Waals surface area contributed by atoms with Crippen LogP contribution in [0.5, 0.6) is 0 Å². The molecule has 0 aliphatic heterocycles. The predicted molar refractivity (Wildman–Crippen MR) is 381 cm³/mol. The van der Waals surface area contributed by atoms with Gasteiger partial charge in [-0.25, -0.2) is 4.79 Å². The summed E-state index contributed by atoms with van der Waals surface area (Å²) in [6.45, 7) is 0.0327. The Labute approximate surface area is 579 Å². The molecule has 566 valence electrons. The fraction of sp³-hybridized carbons (Fsp3) is 0.673. The van der Waals surface area contributed by atoms with Gasteiger partial charge in [0.25, 0.3) is 0 Å². The molecule has 0 aromatic heterocycles. The molecule has 0 spiro atoms. The minimum atomic E-state index is -1.52. The maximum atomic E-state index is 14.9. The number of Topliss-reactive ketones (excluding diaryl/α,β-unsaturated/α-hetero) is 1. The molecule has 45 heteroatoms. The van der Waals surface area contributed by atoms with Crippen LogP contribution < -0.4 is 146 Å². The second-order valence-electron chi connectivity index (χ2n) is 22.8. The van der Waals surface area contributed by atoms with E-state index in [0.717, 1.165) is 0 Å². The quantitative estimate of drug-likeness (QED) is 0.0153. The van der Waals surface area contributed by atoms with Gasteiger partial charge in [-0.2, -0.15) is 0 Å². The number of carboxylic acid groups (broad SMARTS) is 1. The Kier molecular flexibility index (Phi) is 45.4. The molecule has 0 bridgehead atoms. The van der Waals surface area contributed by atoms with Crippen LogP contribution in [0.1, 0.15) is 122 Å². The zero-order chi connectivity index (χ0) is 75.7. The highest BCUT2D eigenvalue weighted by Crippen LogP contribution is 2.18. The van der Waals surface area contributed by atoms with Gasteiger partial charge in [0.1, 0.15) is 36.3 Å². The molecule has 0 rings (SSSR count). The molecular formula is C55H111N35O10. The minimum Gasteiger partial charge on any atom is -0.480 e. The van der Waals surface area contributed by atoms with Crippen LogP contribution in [0.2, 0.25) is 0 Å². The number of carboxylic acids is 1. The highest BCUT2D eigenvalue weighted by Gasteiger charge is 2.35. The standard InChI is InChI=1S/C55H111N35O10/c56-30(11-2-20-76-48(59)60)40(93)86-33(14-5-23-79-51(65)66)43(96)87-34(15-6-24-80-52(67)68)41(94)84-31(12-3-21-77-49(61)62)38(91)28-29(10-1-19-75-47(57)58)39(92)85-32(13-4-22-78-50(63)64)42(95)88-35(16-7-25-81-53(69)70)44(97)89-36(17-8-26-82-54(71)72)45(98)90-37(46(99)100)18-9-27-83-55(73)74/h29-37H,1-28,56H2,(H,84,94)(H,85,92)(H,86,93)(H,87,96)(H,88,95)(H,89,97)(H,90,98)(H,99,100)(H4,57,58,75)(H4,59,60,76)(H4,61,62,77)(H4,63,64,78)(H4,65,66,79)(H4,67,68,80)(H4,69,70,81)(H4,71,72,82)(H4,73,74,83)/t29-,30+,31+,32+,33+,34+,35+,36+,37+/m1/s1. The van der Waals surface area contributed by atoms with E-state index in [9.17, 15) is 48.3 Å². The summed E-state index contributed by atoms with van der Waals surface area (Å²) in [4.78, 5) is 163. The molecular weight excluding hydrogens is 1310 g/mol. The van der Waals surface area contributed by atoms with E-state index in [1.165, 1.54) is 0 Å². The topological polar surface area (TPSA) is 864 Å². The van der Waals surface area contributed by atoms with Crippen molar-refractivity contribution in [1.82, 2.24) is 37.2 Å². The van der Waals surface area contributed by atoms with Crippen LogP contribution in [0.4, 0.5) is 0 Å². The third-order valence-corrected chi connectivity index (χ3v) is 14.2. The van der Waals surface area contributed by atoms with E-state index in [2.05, 4.69) is 82.1 Å². The van der Waals surface area contributed by atoms with Crippen molar-refractivity contribution in [3.8, 4) is 0 Å². The number of guanidine groups is 9. The second kappa shape index (κ2) is 51.1. The van der Waals surface area contributed by atoms with Crippen molar-refractivity contribution < 1.29 is 48.3 Å². The second-order valence-corrected chi connectivity index (χ2v) is 22.8. The number of nitrogens with one attached hydrogen (secondary N) is 7. The summed E-state index contributed by atoms with van der Waals surface area (Å²) in [7, 11) is 0. The highest BCUT2D eigenvalue weighted by molar-refractivity contribution is 5.98. The summed E-state index contributed by atoms with van der Waals surface area (Å²) in [6, 6.07) is -11.3. The minimum absolute atomic E-state index is 0.0149. The van der Waals surface area contributed by atoms with Crippen LogP contribution in [-0.2, 0) is 43.2 Å². The molecule has 0 fully saturated rings. The van der Waals surface area contributed by atoms with E-state index in [-0.39, 0.29) is 222 Å². The average molecular weight is 1420 g/mol. The number of nitrogens with zero attached hydrogens (tertiary/aromatic N) is 9. The smallest absolute Gasteiger partial charge is 0.326 e. The van der Waals surface area contributed by atoms with Gasteiger partial charge in [0.2, 0.25) is 41.4 Å². The molecule has 0 aromatic carbocycles. The Morgan fingerprint density at radius 1 is 0.250 bits per heavy atom. The van der Waals surface area contributed by atoms with Crippen LogP contribution >= 0.6 is 0 Å². The van der Waals surface area contributed by atoms with Crippen LogP contribution in [0, 0.1) is 5.92 Å². The van der Waals surface area contributed by atoms with E-state index >= 15 is 0 Å². The van der Waals surface area contributed by atoms with Gasteiger partial charge in [0.05, 0.1) is 12.1 Å². The van der Waals surface area contributed by atoms with Crippen molar-refractivity contribution in [3.63, 3.8) is 0 Å². The molecule has 9 atom stereocenters. The fourth-order valence-corrected chi connectivity index (χ4v) is 9.28. The maximum Gasteiger partial charge on any atom is 0.326 e. The number of carbonyl (C=O) groups is 9. The van der Waals surface area contributed by atoms with Crippen molar-refractivity contribution in [2.24, 2.45) is 160 Å². The first-order valence-corrected chi connectivity index (χ1v) is 32.3. The first-order valence-electron chi connectivity index (χ1n) is 32.3. The summed E-state index contributed by atoms with van der Waals surface area (Å²) in [5, 5.41) is 28.4. The highest BCUT2D eigenvalue weighted by atomic mass is 16.4. The molecule has 0 aliphatic rings. The zero-order valence-electron chi connectivity index (χ0n) is 56.6. The van der Waals surface area contributed by atoms with E-state index in [1.807, 2.05) is 0 Å². The number of aliphatic carboxylic acids is 1. The third-order valence-electron chi connectivity index (χ3n) is 14.2. The summed E-state index contributed by atoms with van der Waals surface area (Å²) in [5.41, 5.74) is 106. The largest absolute Gasteiger partial charge is 0.480 e. The predicted octanol–water partition coefficient (Wildman–Crippen LogP) is -12.2. The van der Waals surface area contributed by atoms with Gasteiger partial charge in [-0.05, 0) is 116 Å². The number of ketones is 1. The van der Waals surface area contributed by atoms with Crippen LogP contribution in [0.25, 0.3) is 0 Å². The normalized spacial score (nSPS) is 13.3. The number of rotatable bonds is 54. The molecule has 0 unspecified atom stereocenters. The van der Waals surface area contributed by atoms with E-state index in [1.54, 1.807) is 0 Å². The van der Waals surface area contributed by atoms with Gasteiger partial charge >= 0.3 is 5.97 Å². The van der Waals surface area contributed by atoms with Crippen molar-refractivity contribution in [3.05, 3.63) is 0 Å². The Morgan fingerprint density at radius 2 is 0.440 bits per heavy atom. The molecule has 45 nitrogen and oxygen atoms in total. The fourth-order valence-electron chi connectivity index (χ4n) is 9.28. The monoisotopic (exact) mass is 1420 g/mol. The third kappa shape index (κ3) is 44.5. The van der Waals surface area contributed by atoms with Gasteiger partial charge in [-0.15, -0.1) is 0 Å². The van der Waals surface area contributed by atoms with Gasteiger partial charge < -0.3 is 151 Å². The Bertz CT molecular complexity index is 2850. The van der Waals surface area contributed by atoms with Gasteiger partial charge in [0, 0.05) is 71.2 Å². The number of carbonyl (C=O) groups excluding carboxylic acids is 8. The first-order chi connectivity index (χ1) is 47.1. The maximum absolute atomic E-state index is 14.9. The molecule has 7 amide bonds. The average Bonchev–Trinajstić information content (AvgIpc) is 0.866. The number of amides is 7. The Hall–Kier alpha value is -11.2. The number of nitrogens with two attached hydrogens (primary N) is 19. The summed E-state index contributed by atoms with van der Waals surface area (Å²) < 4.78 is 0. The Balaban J connectivity index is 7.75. The van der Waals surface area contributed by atoms with Crippen LogP contribution in [-0.4, -0.2) is 219 Å². The van der Waals surface area contributed by atoms with Gasteiger partial charge in [-0.3, -0.25) is 83.3 Å². The van der Waals surface area contributed by atoms with Crippen LogP contribution in [0.3, 0.4) is 0 Å². The Morgan fingerprint density at radius 3 is 0.690 bits per heavy atom. The lowest BCUT2D eigenvalue weighted by molar-refractivity contribution is -0.142. The molecule has 100 heavy (non-hydrogen) atoms. The summed E-state index contributed by atoms with van der Waals surface area (Å²) in [6.07, 6.45) is -0.647. The van der Waals surface area contributed by atoms with Crippen molar-refractivity contribution >= 4 is 107 Å². The lowest BCUT2D eigenvalue weighted by Gasteiger charge is -2.28. The molecule has 0 saturated heterocycles. The van der Waals surface area contributed by atoms with Crippen molar-refractivity contribution in [2.45, 2.75) is 170 Å². The molecule has 0 saturated carbocycles. The lowest BCUT2D eigenvalue weighted by Crippen LogP contribution is -2.58. The zero-order valence-corrected chi connectivity index (χ0v) is 56.6. The van der Waals surface area contributed by atoms with Crippen molar-refractivity contribution in [1.29, 1.82) is 0 Å². The molecule has 46 N–H and O–H groups in total. The summed E-state index contributed by atoms with van der Waals surface area (Å²) >= 11 is 0. The molecule has 0 radical (unpaired) electrons.